The average Bonchev–Trinajstić information content (AvgIpc) is 3.50. The van der Waals surface area contributed by atoms with Crippen LogP contribution in [0, 0.1) is 11.3 Å². The molecule has 0 aliphatic heterocycles. The van der Waals surface area contributed by atoms with Crippen LogP contribution in [0.4, 0.5) is 0 Å². The van der Waals surface area contributed by atoms with Crippen molar-refractivity contribution in [3.8, 4) is 45.9 Å². The molecule has 0 radical (unpaired) electrons. The second kappa shape index (κ2) is 8.95. The molecule has 2 heterocycles. The van der Waals surface area contributed by atoms with Gasteiger partial charge in [0.1, 0.15) is 0 Å². The molecule has 8 rings (SSSR count). The molecule has 2 aromatic heterocycles. The van der Waals surface area contributed by atoms with E-state index in [2.05, 4.69) is 103 Å². The first kappa shape index (κ1) is 24.2. The molecule has 5 heteroatoms. The van der Waals surface area contributed by atoms with Gasteiger partial charge in [-0.3, -0.25) is 4.57 Å². The third-order valence-electron chi connectivity index (χ3n) is 8.50. The lowest BCUT2D eigenvalue weighted by molar-refractivity contribution is 0.660. The van der Waals surface area contributed by atoms with E-state index in [1.807, 2.05) is 30.3 Å². The van der Waals surface area contributed by atoms with Crippen molar-refractivity contribution in [3.05, 3.63) is 132 Å². The summed E-state index contributed by atoms with van der Waals surface area (Å²) in [4.78, 5) is 15.1. The number of hydrogen-bond donors (Lipinski definition) is 0. The molecular weight excluding hydrogens is 514 g/mol. The SMILES string of the molecule is CC1(C)c2ccccc2-c2cc(-c3nc(-c4cccc(C#N)c4)nc(-n4c5ccccc5c5ccccc54)n3)ccc21. The molecule has 0 atom stereocenters. The minimum Gasteiger partial charge on any atom is -0.278 e. The Hall–Kier alpha value is -5.60. The molecule has 0 unspecified atom stereocenters. The van der Waals surface area contributed by atoms with Gasteiger partial charge in [0.2, 0.25) is 5.95 Å². The van der Waals surface area contributed by atoms with Crippen molar-refractivity contribution >= 4 is 21.8 Å². The summed E-state index contributed by atoms with van der Waals surface area (Å²) in [5.74, 6) is 1.65. The maximum Gasteiger partial charge on any atom is 0.238 e. The van der Waals surface area contributed by atoms with Gasteiger partial charge in [-0.15, -0.1) is 0 Å². The van der Waals surface area contributed by atoms with Gasteiger partial charge in [-0.25, -0.2) is 4.98 Å². The molecule has 1 aliphatic carbocycles. The average molecular weight is 540 g/mol. The van der Waals surface area contributed by atoms with E-state index >= 15 is 0 Å². The van der Waals surface area contributed by atoms with E-state index < -0.39 is 0 Å². The monoisotopic (exact) mass is 539 g/mol. The number of nitriles is 1. The molecule has 0 saturated heterocycles. The van der Waals surface area contributed by atoms with E-state index in [1.54, 1.807) is 6.07 Å². The van der Waals surface area contributed by atoms with Crippen molar-refractivity contribution in [2.45, 2.75) is 19.3 Å². The summed E-state index contributed by atoms with van der Waals surface area (Å²) in [6.45, 7) is 4.56. The molecule has 0 bridgehead atoms. The zero-order valence-corrected chi connectivity index (χ0v) is 23.2. The molecule has 0 fully saturated rings. The van der Waals surface area contributed by atoms with Gasteiger partial charge in [-0.1, -0.05) is 98.8 Å². The molecule has 0 saturated carbocycles. The van der Waals surface area contributed by atoms with Gasteiger partial charge in [0.25, 0.3) is 0 Å². The summed E-state index contributed by atoms with van der Waals surface area (Å²) in [6, 6.07) is 41.5. The van der Waals surface area contributed by atoms with E-state index in [1.165, 1.54) is 22.3 Å². The molecule has 1 aliphatic rings. The minimum absolute atomic E-state index is 0.0828. The standard InChI is InChI=1S/C37H25N5/c1-37(2)30-15-6-3-12-26(30)29-21-25(18-19-31(29)37)35-39-34(24-11-9-10-23(20-24)22-38)40-36(41-35)42-32-16-7-4-13-27(32)28-14-5-8-17-33(28)42/h3-21H,1-2H3. The fourth-order valence-corrected chi connectivity index (χ4v) is 6.45. The van der Waals surface area contributed by atoms with Crippen LogP contribution < -0.4 is 0 Å². The van der Waals surface area contributed by atoms with Crippen LogP contribution in [0.2, 0.25) is 0 Å². The number of fused-ring (bicyclic) bond motifs is 6. The summed E-state index contributed by atoms with van der Waals surface area (Å²) in [5.41, 5.74) is 9.30. The van der Waals surface area contributed by atoms with Crippen molar-refractivity contribution in [2.75, 3.05) is 0 Å². The maximum absolute atomic E-state index is 9.59. The summed E-state index contributed by atoms with van der Waals surface area (Å²) in [6.07, 6.45) is 0. The van der Waals surface area contributed by atoms with E-state index in [4.69, 9.17) is 15.0 Å². The van der Waals surface area contributed by atoms with Crippen LogP contribution >= 0.6 is 0 Å². The van der Waals surface area contributed by atoms with Gasteiger partial charge >= 0.3 is 0 Å². The van der Waals surface area contributed by atoms with E-state index in [0.29, 0.717) is 23.2 Å². The highest BCUT2D eigenvalue weighted by molar-refractivity contribution is 6.09. The normalized spacial score (nSPS) is 13.2. The smallest absolute Gasteiger partial charge is 0.238 e. The zero-order valence-electron chi connectivity index (χ0n) is 23.2. The van der Waals surface area contributed by atoms with Crippen molar-refractivity contribution in [3.63, 3.8) is 0 Å². The number of para-hydroxylation sites is 2. The molecule has 7 aromatic rings. The minimum atomic E-state index is -0.0828. The Kier molecular flexibility index (Phi) is 5.16. The zero-order chi connectivity index (χ0) is 28.4. The molecule has 42 heavy (non-hydrogen) atoms. The maximum atomic E-state index is 9.59. The van der Waals surface area contributed by atoms with Crippen LogP contribution in [0.3, 0.4) is 0 Å². The number of hydrogen-bond acceptors (Lipinski definition) is 4. The molecule has 0 N–H and O–H groups in total. The molecule has 5 nitrogen and oxygen atoms in total. The Balaban J connectivity index is 1.41. The van der Waals surface area contributed by atoms with Crippen molar-refractivity contribution in [2.24, 2.45) is 0 Å². The molecule has 198 valence electrons. The van der Waals surface area contributed by atoms with Gasteiger partial charge < -0.3 is 0 Å². The van der Waals surface area contributed by atoms with Crippen LogP contribution in [0.5, 0.6) is 0 Å². The molecule has 0 amide bonds. The fraction of sp³-hybridized carbons (Fsp3) is 0.0811. The molecule has 5 aromatic carbocycles. The Bertz CT molecular complexity index is 2200. The highest BCUT2D eigenvalue weighted by Gasteiger charge is 2.35. The quantitative estimate of drug-likeness (QED) is 0.226. The first-order valence-electron chi connectivity index (χ1n) is 14.0. The molecule has 0 spiro atoms. The van der Waals surface area contributed by atoms with E-state index in [0.717, 1.165) is 32.9 Å². The van der Waals surface area contributed by atoms with Gasteiger partial charge in [0.05, 0.1) is 22.7 Å². The topological polar surface area (TPSA) is 67.4 Å². The van der Waals surface area contributed by atoms with Gasteiger partial charge in [0.15, 0.2) is 11.6 Å². The van der Waals surface area contributed by atoms with Gasteiger partial charge in [-0.05, 0) is 52.6 Å². The third kappa shape index (κ3) is 3.52. The van der Waals surface area contributed by atoms with Crippen molar-refractivity contribution in [1.29, 1.82) is 5.26 Å². The fourth-order valence-electron chi connectivity index (χ4n) is 6.45. The van der Waals surface area contributed by atoms with Crippen molar-refractivity contribution in [1.82, 2.24) is 19.5 Å². The van der Waals surface area contributed by atoms with Gasteiger partial charge in [-0.2, -0.15) is 15.2 Å². The summed E-state index contributed by atoms with van der Waals surface area (Å²) >= 11 is 0. The van der Waals surface area contributed by atoms with E-state index in [9.17, 15) is 5.26 Å². The Morgan fingerprint density at radius 2 is 1.21 bits per heavy atom. The van der Waals surface area contributed by atoms with Crippen LogP contribution in [-0.2, 0) is 5.41 Å². The first-order valence-corrected chi connectivity index (χ1v) is 14.0. The lowest BCUT2D eigenvalue weighted by atomic mass is 9.82. The largest absolute Gasteiger partial charge is 0.278 e. The molecular formula is C37H25N5. The summed E-state index contributed by atoms with van der Waals surface area (Å²) < 4.78 is 2.11. The third-order valence-corrected chi connectivity index (χ3v) is 8.50. The first-order chi connectivity index (χ1) is 20.5. The predicted molar refractivity (Wildman–Crippen MR) is 167 cm³/mol. The van der Waals surface area contributed by atoms with Gasteiger partial charge in [0, 0.05) is 27.3 Å². The number of benzene rings is 5. The second-order valence-electron chi connectivity index (χ2n) is 11.3. The van der Waals surface area contributed by atoms with Crippen LogP contribution in [0.15, 0.2) is 115 Å². The number of rotatable bonds is 3. The highest BCUT2D eigenvalue weighted by atomic mass is 15.2. The van der Waals surface area contributed by atoms with E-state index in [-0.39, 0.29) is 5.41 Å². The lowest BCUT2D eigenvalue weighted by Crippen LogP contribution is -2.14. The number of nitrogens with zero attached hydrogens (tertiary/aromatic N) is 5. The highest BCUT2D eigenvalue weighted by Crippen LogP contribution is 2.49. The second-order valence-corrected chi connectivity index (χ2v) is 11.3. The van der Waals surface area contributed by atoms with Crippen LogP contribution in [0.25, 0.3) is 61.7 Å². The Labute approximate surface area is 243 Å². The Morgan fingerprint density at radius 1 is 0.595 bits per heavy atom. The summed E-state index contributed by atoms with van der Waals surface area (Å²) in [7, 11) is 0. The Morgan fingerprint density at radius 3 is 1.93 bits per heavy atom. The summed E-state index contributed by atoms with van der Waals surface area (Å²) in [5, 5.41) is 11.9. The lowest BCUT2D eigenvalue weighted by Gasteiger charge is -2.21. The number of aromatic nitrogens is 4. The van der Waals surface area contributed by atoms with Crippen LogP contribution in [0.1, 0.15) is 30.5 Å². The predicted octanol–water partition coefficient (Wildman–Crippen LogP) is 8.48. The van der Waals surface area contributed by atoms with Crippen LogP contribution in [-0.4, -0.2) is 19.5 Å². The van der Waals surface area contributed by atoms with Crippen molar-refractivity contribution < 1.29 is 0 Å².